The lowest BCUT2D eigenvalue weighted by Crippen LogP contribution is -2.56. The van der Waals surface area contributed by atoms with Crippen LogP contribution >= 0.6 is 0 Å². The highest BCUT2D eigenvalue weighted by Crippen LogP contribution is 2.31. The van der Waals surface area contributed by atoms with Gasteiger partial charge in [0.25, 0.3) is 5.91 Å². The van der Waals surface area contributed by atoms with E-state index in [-0.39, 0.29) is 30.5 Å². The standard InChI is InChI=1S/C19H26N2O3/c1-13-7-9-15(10-8-13)17-18(24-12-16(22)20(17)3)19(23)21-11-5-4-6-14(21)2/h7-10,14,17-18H,4-6,11-12H2,1-3H3. The molecule has 1 aromatic rings. The first-order valence-electron chi connectivity index (χ1n) is 8.73. The number of carbonyl (C=O) groups is 2. The van der Waals surface area contributed by atoms with E-state index in [1.54, 1.807) is 11.9 Å². The van der Waals surface area contributed by atoms with Crippen LogP contribution < -0.4 is 0 Å². The molecule has 2 saturated heterocycles. The van der Waals surface area contributed by atoms with Gasteiger partial charge in [-0.15, -0.1) is 0 Å². The average Bonchev–Trinajstić information content (AvgIpc) is 2.58. The summed E-state index contributed by atoms with van der Waals surface area (Å²) in [5.74, 6) is -0.0801. The minimum absolute atomic E-state index is 0.00660. The Balaban J connectivity index is 1.89. The molecule has 130 valence electrons. The number of rotatable bonds is 2. The number of carbonyl (C=O) groups excluding carboxylic acids is 2. The minimum atomic E-state index is -0.629. The molecule has 2 aliphatic heterocycles. The maximum atomic E-state index is 13.1. The van der Waals surface area contributed by atoms with E-state index >= 15 is 0 Å². The fourth-order valence-electron chi connectivity index (χ4n) is 3.67. The lowest BCUT2D eigenvalue weighted by atomic mass is 9.94. The molecule has 2 fully saturated rings. The molecule has 24 heavy (non-hydrogen) atoms. The highest BCUT2D eigenvalue weighted by Gasteiger charge is 2.42. The molecular formula is C19H26N2O3. The number of likely N-dealkylation sites (N-methyl/N-ethyl adjacent to an activating group) is 1. The number of benzene rings is 1. The van der Waals surface area contributed by atoms with Crippen LogP contribution in [0.25, 0.3) is 0 Å². The number of hydrogen-bond donors (Lipinski definition) is 0. The second-order valence-electron chi connectivity index (χ2n) is 6.97. The average molecular weight is 330 g/mol. The van der Waals surface area contributed by atoms with Crippen LogP contribution in [-0.4, -0.2) is 54.0 Å². The Hall–Kier alpha value is -1.88. The van der Waals surface area contributed by atoms with Gasteiger partial charge in [-0.1, -0.05) is 29.8 Å². The van der Waals surface area contributed by atoms with Crippen LogP contribution in [0.4, 0.5) is 0 Å². The molecule has 0 aliphatic carbocycles. The van der Waals surface area contributed by atoms with Gasteiger partial charge >= 0.3 is 0 Å². The molecule has 0 aromatic heterocycles. The Morgan fingerprint density at radius 2 is 1.92 bits per heavy atom. The number of ether oxygens (including phenoxy) is 1. The fraction of sp³-hybridized carbons (Fsp3) is 0.579. The third-order valence-electron chi connectivity index (χ3n) is 5.23. The first-order chi connectivity index (χ1) is 11.5. The Kier molecular flexibility index (Phi) is 4.90. The summed E-state index contributed by atoms with van der Waals surface area (Å²) in [6, 6.07) is 7.85. The van der Waals surface area contributed by atoms with Gasteiger partial charge in [0.1, 0.15) is 6.61 Å². The Bertz CT molecular complexity index is 614. The summed E-state index contributed by atoms with van der Waals surface area (Å²) in [5.41, 5.74) is 2.09. The normalized spacial score (nSPS) is 28.1. The van der Waals surface area contributed by atoms with Gasteiger partial charge in [0.05, 0.1) is 6.04 Å². The molecule has 3 rings (SSSR count). The molecule has 0 spiro atoms. The molecule has 1 aromatic carbocycles. The van der Waals surface area contributed by atoms with Crippen LogP contribution in [0.2, 0.25) is 0 Å². The van der Waals surface area contributed by atoms with Gasteiger partial charge in [-0.05, 0) is 38.7 Å². The van der Waals surface area contributed by atoms with Crippen molar-refractivity contribution in [1.82, 2.24) is 9.80 Å². The van der Waals surface area contributed by atoms with Crippen LogP contribution in [0.1, 0.15) is 43.4 Å². The SMILES string of the molecule is Cc1ccc(C2C(C(=O)N3CCCCC3C)OCC(=O)N2C)cc1. The summed E-state index contributed by atoms with van der Waals surface area (Å²) in [6.07, 6.45) is 2.60. The monoisotopic (exact) mass is 330 g/mol. The van der Waals surface area contributed by atoms with E-state index < -0.39 is 6.10 Å². The minimum Gasteiger partial charge on any atom is -0.356 e. The zero-order chi connectivity index (χ0) is 17.3. The van der Waals surface area contributed by atoms with Crippen molar-refractivity contribution in [3.05, 3.63) is 35.4 Å². The molecule has 0 N–H and O–H groups in total. The van der Waals surface area contributed by atoms with Crippen molar-refractivity contribution in [3.8, 4) is 0 Å². The first kappa shape index (κ1) is 17.0. The third kappa shape index (κ3) is 3.18. The predicted octanol–water partition coefficient (Wildman–Crippen LogP) is 2.29. The second kappa shape index (κ2) is 6.93. The van der Waals surface area contributed by atoms with E-state index in [0.29, 0.717) is 0 Å². The number of nitrogens with zero attached hydrogens (tertiary/aromatic N) is 2. The van der Waals surface area contributed by atoms with E-state index in [4.69, 9.17) is 4.74 Å². The van der Waals surface area contributed by atoms with E-state index in [0.717, 1.165) is 36.9 Å². The topological polar surface area (TPSA) is 49.9 Å². The molecule has 2 amide bonds. The van der Waals surface area contributed by atoms with Gasteiger partial charge in [-0.2, -0.15) is 0 Å². The largest absolute Gasteiger partial charge is 0.356 e. The number of likely N-dealkylation sites (tertiary alicyclic amines) is 1. The molecule has 0 saturated carbocycles. The number of amides is 2. The van der Waals surface area contributed by atoms with Crippen molar-refractivity contribution in [1.29, 1.82) is 0 Å². The summed E-state index contributed by atoms with van der Waals surface area (Å²) >= 11 is 0. The molecule has 0 bridgehead atoms. The molecule has 3 unspecified atom stereocenters. The van der Waals surface area contributed by atoms with Crippen molar-refractivity contribution >= 4 is 11.8 Å². The number of hydrogen-bond acceptors (Lipinski definition) is 3. The maximum Gasteiger partial charge on any atom is 0.254 e. The zero-order valence-electron chi connectivity index (χ0n) is 14.7. The number of aryl methyl sites for hydroxylation is 1. The van der Waals surface area contributed by atoms with Gasteiger partial charge in [0.2, 0.25) is 5.91 Å². The van der Waals surface area contributed by atoms with Gasteiger partial charge in [0, 0.05) is 19.6 Å². The van der Waals surface area contributed by atoms with Crippen molar-refractivity contribution in [2.75, 3.05) is 20.2 Å². The smallest absolute Gasteiger partial charge is 0.254 e. The van der Waals surface area contributed by atoms with Gasteiger partial charge < -0.3 is 14.5 Å². The highest BCUT2D eigenvalue weighted by atomic mass is 16.5. The molecule has 3 atom stereocenters. The lowest BCUT2D eigenvalue weighted by molar-refractivity contribution is -0.169. The van der Waals surface area contributed by atoms with Crippen molar-refractivity contribution in [2.45, 2.75) is 51.3 Å². The molecule has 2 aliphatic rings. The highest BCUT2D eigenvalue weighted by molar-refractivity contribution is 5.86. The van der Waals surface area contributed by atoms with Gasteiger partial charge in [-0.25, -0.2) is 0 Å². The van der Waals surface area contributed by atoms with E-state index in [9.17, 15) is 9.59 Å². The second-order valence-corrected chi connectivity index (χ2v) is 6.97. The van der Waals surface area contributed by atoms with Crippen molar-refractivity contribution < 1.29 is 14.3 Å². The molecule has 5 heteroatoms. The fourth-order valence-corrected chi connectivity index (χ4v) is 3.67. The first-order valence-corrected chi connectivity index (χ1v) is 8.73. The van der Waals surface area contributed by atoms with Crippen LogP contribution in [-0.2, 0) is 14.3 Å². The van der Waals surface area contributed by atoms with E-state index in [1.165, 1.54) is 0 Å². The molecule has 0 radical (unpaired) electrons. The molecule has 5 nitrogen and oxygen atoms in total. The summed E-state index contributed by atoms with van der Waals surface area (Å²) in [6.45, 7) is 4.86. The number of piperidine rings is 1. The molecule has 2 heterocycles. The van der Waals surface area contributed by atoms with Crippen LogP contribution in [0.5, 0.6) is 0 Å². The van der Waals surface area contributed by atoms with Crippen LogP contribution in [0.3, 0.4) is 0 Å². The quantitative estimate of drug-likeness (QED) is 0.836. The van der Waals surface area contributed by atoms with Crippen molar-refractivity contribution in [3.63, 3.8) is 0 Å². The summed E-state index contributed by atoms with van der Waals surface area (Å²) in [7, 11) is 1.76. The van der Waals surface area contributed by atoms with Crippen LogP contribution in [0.15, 0.2) is 24.3 Å². The van der Waals surface area contributed by atoms with E-state index in [2.05, 4.69) is 6.92 Å². The van der Waals surface area contributed by atoms with Crippen molar-refractivity contribution in [2.24, 2.45) is 0 Å². The predicted molar refractivity (Wildman–Crippen MR) is 91.5 cm³/mol. The molecular weight excluding hydrogens is 304 g/mol. The van der Waals surface area contributed by atoms with E-state index in [1.807, 2.05) is 36.1 Å². The Morgan fingerprint density at radius 3 is 2.58 bits per heavy atom. The lowest BCUT2D eigenvalue weighted by Gasteiger charge is -2.42. The summed E-state index contributed by atoms with van der Waals surface area (Å²) in [4.78, 5) is 28.8. The maximum absolute atomic E-state index is 13.1. The summed E-state index contributed by atoms with van der Waals surface area (Å²) in [5, 5.41) is 0. The summed E-state index contributed by atoms with van der Waals surface area (Å²) < 4.78 is 5.74. The number of morpholine rings is 1. The van der Waals surface area contributed by atoms with Gasteiger partial charge in [-0.3, -0.25) is 9.59 Å². The van der Waals surface area contributed by atoms with Crippen LogP contribution in [0, 0.1) is 6.92 Å². The zero-order valence-corrected chi connectivity index (χ0v) is 14.7. The van der Waals surface area contributed by atoms with Gasteiger partial charge in [0.15, 0.2) is 6.10 Å². The third-order valence-corrected chi connectivity index (χ3v) is 5.23. The Labute approximate surface area is 143 Å². The Morgan fingerprint density at radius 1 is 1.21 bits per heavy atom.